The van der Waals surface area contributed by atoms with Crippen molar-refractivity contribution in [2.24, 2.45) is 0 Å². The van der Waals surface area contributed by atoms with Crippen molar-refractivity contribution < 1.29 is 17.5 Å². The van der Waals surface area contributed by atoms with Crippen LogP contribution in [0.3, 0.4) is 0 Å². The van der Waals surface area contributed by atoms with Crippen LogP contribution in [0.1, 0.15) is 0 Å². The molecule has 0 saturated heterocycles. The topological polar surface area (TPSA) is 74.6 Å². The fourth-order valence-electron chi connectivity index (χ4n) is 0. The molecule has 0 aliphatic rings. The maximum absolute atomic E-state index is 8.74. The molecule has 0 bridgehead atoms. The maximum Gasteiger partial charge on any atom is 3.00 e. The van der Waals surface area contributed by atoms with Crippen molar-refractivity contribution in [1.82, 2.24) is 0 Å². The fourth-order valence-corrected chi connectivity index (χ4v) is 0. The van der Waals surface area contributed by atoms with E-state index < -0.39 is 10.4 Å². The molecule has 0 saturated carbocycles. The van der Waals surface area contributed by atoms with Crippen molar-refractivity contribution in [3.05, 3.63) is 0 Å². The van der Waals surface area contributed by atoms with Gasteiger partial charge in [0.25, 0.3) is 0 Å². The Morgan fingerprint density at radius 1 is 1.14 bits per heavy atom. The van der Waals surface area contributed by atoms with E-state index in [1.54, 1.807) is 0 Å². The first-order valence-electron chi connectivity index (χ1n) is 0.698. The molecule has 0 rings (SSSR count). The van der Waals surface area contributed by atoms with Crippen molar-refractivity contribution in [2.75, 3.05) is 0 Å². The molecular formula is H2BMgO4S+5. The summed E-state index contributed by atoms with van der Waals surface area (Å²) in [7, 11) is -4.67. The van der Waals surface area contributed by atoms with Gasteiger partial charge in [0.1, 0.15) is 0 Å². The van der Waals surface area contributed by atoms with Crippen LogP contribution in [-0.4, -0.2) is 49.0 Å². The van der Waals surface area contributed by atoms with Gasteiger partial charge in [0.05, 0.1) is 0 Å². The first kappa shape index (κ1) is 15.6. The van der Waals surface area contributed by atoms with E-state index in [-0.39, 0.29) is 31.5 Å². The van der Waals surface area contributed by atoms with Gasteiger partial charge in [-0.1, -0.05) is 0 Å². The van der Waals surface area contributed by atoms with Crippen molar-refractivity contribution >= 4 is 41.9 Å². The van der Waals surface area contributed by atoms with Gasteiger partial charge in [-0.05, 0) is 0 Å². The molecule has 0 fully saturated rings. The zero-order valence-corrected chi connectivity index (χ0v) is 5.63. The third-order valence-electron chi connectivity index (χ3n) is 0. The van der Waals surface area contributed by atoms with Crippen LogP contribution in [0.15, 0.2) is 0 Å². The van der Waals surface area contributed by atoms with E-state index in [2.05, 4.69) is 0 Å². The van der Waals surface area contributed by atoms with Crippen LogP contribution in [0.2, 0.25) is 0 Å². The SMILES string of the molecule is O=S(=O)(O)O.[B+3].[Mg+2]. The normalized spacial score (nSPS) is 8.29. The van der Waals surface area contributed by atoms with Gasteiger partial charge in [-0.2, -0.15) is 8.42 Å². The summed E-state index contributed by atoms with van der Waals surface area (Å²) in [6.45, 7) is 0. The van der Waals surface area contributed by atoms with Gasteiger partial charge in [-0.3, -0.25) is 9.11 Å². The van der Waals surface area contributed by atoms with Crippen LogP contribution in [0, 0.1) is 0 Å². The molecular weight excluding hydrogens is 131 g/mol. The molecule has 0 unspecified atom stereocenters. The quantitative estimate of drug-likeness (QED) is 0.314. The summed E-state index contributed by atoms with van der Waals surface area (Å²) in [6.07, 6.45) is 0. The summed E-state index contributed by atoms with van der Waals surface area (Å²) in [5, 5.41) is 0. The Balaban J connectivity index is -0.0000000800. The average molecular weight is 133 g/mol. The second kappa shape index (κ2) is 4.85. The average Bonchev–Trinajstić information content (AvgIpc) is 0.722. The van der Waals surface area contributed by atoms with E-state index in [0.29, 0.717) is 0 Å². The molecule has 0 radical (unpaired) electrons. The van der Waals surface area contributed by atoms with Crippen molar-refractivity contribution in [3.8, 4) is 0 Å². The summed E-state index contributed by atoms with van der Waals surface area (Å²) in [4.78, 5) is 0. The van der Waals surface area contributed by atoms with Crippen LogP contribution < -0.4 is 0 Å². The van der Waals surface area contributed by atoms with Crippen LogP contribution in [0.5, 0.6) is 0 Å². The minimum Gasteiger partial charge on any atom is -0.264 e. The second-order valence-corrected chi connectivity index (χ2v) is 1.34. The maximum atomic E-state index is 8.74. The van der Waals surface area contributed by atoms with Gasteiger partial charge < -0.3 is 0 Å². The molecule has 0 spiro atoms. The van der Waals surface area contributed by atoms with Gasteiger partial charge >= 0.3 is 41.9 Å². The Hall–Kier alpha value is 0.701. The molecule has 0 aromatic rings. The van der Waals surface area contributed by atoms with Gasteiger partial charge in [-0.25, -0.2) is 0 Å². The predicted molar refractivity (Wildman–Crippen MR) is 25.7 cm³/mol. The van der Waals surface area contributed by atoms with Gasteiger partial charge in [0.15, 0.2) is 0 Å². The zero-order chi connectivity index (χ0) is 4.50. The van der Waals surface area contributed by atoms with E-state index in [1.807, 2.05) is 0 Å². The Morgan fingerprint density at radius 2 is 1.14 bits per heavy atom. The molecule has 0 aromatic carbocycles. The van der Waals surface area contributed by atoms with E-state index >= 15 is 0 Å². The molecule has 0 atom stereocenters. The van der Waals surface area contributed by atoms with Crippen LogP contribution in [0.4, 0.5) is 0 Å². The van der Waals surface area contributed by atoms with Crippen LogP contribution in [-0.2, 0) is 10.4 Å². The van der Waals surface area contributed by atoms with E-state index in [9.17, 15) is 0 Å². The Bertz CT molecular complexity index is 94.9. The first-order valence-corrected chi connectivity index (χ1v) is 2.10. The summed E-state index contributed by atoms with van der Waals surface area (Å²) >= 11 is 0. The predicted octanol–water partition coefficient (Wildman–Crippen LogP) is -1.41. The van der Waals surface area contributed by atoms with Crippen molar-refractivity contribution in [3.63, 3.8) is 0 Å². The standard InChI is InChI=1S/B.Mg.H2O4S/c;;1-5(2,3)4/h;;(H2,1,2,3,4)/q+3;+2;. The van der Waals surface area contributed by atoms with E-state index in [1.165, 1.54) is 0 Å². The third-order valence-corrected chi connectivity index (χ3v) is 0. The monoisotopic (exact) mass is 133 g/mol. The molecule has 2 N–H and O–H groups in total. The van der Waals surface area contributed by atoms with E-state index in [0.717, 1.165) is 0 Å². The van der Waals surface area contributed by atoms with E-state index in [4.69, 9.17) is 17.5 Å². The minimum absolute atomic E-state index is 0. The first-order chi connectivity index (χ1) is 2.00. The third kappa shape index (κ3) is 301. The largest absolute Gasteiger partial charge is 3.00 e. The Kier molecular flexibility index (Phi) is 10.8. The molecule has 7 heavy (non-hydrogen) atoms. The molecule has 0 aliphatic heterocycles. The molecule has 0 amide bonds. The summed E-state index contributed by atoms with van der Waals surface area (Å²) in [5.41, 5.74) is 0. The zero-order valence-electron chi connectivity index (χ0n) is 3.40. The van der Waals surface area contributed by atoms with Gasteiger partial charge in [0.2, 0.25) is 0 Å². The Morgan fingerprint density at radius 3 is 1.14 bits per heavy atom. The van der Waals surface area contributed by atoms with Crippen molar-refractivity contribution in [1.29, 1.82) is 0 Å². The molecule has 0 aliphatic carbocycles. The second-order valence-electron chi connectivity index (χ2n) is 0.448. The number of hydrogen-bond donors (Lipinski definition) is 2. The summed E-state index contributed by atoms with van der Waals surface area (Å²) in [5.74, 6) is 0. The molecule has 7 heteroatoms. The number of hydrogen-bond acceptors (Lipinski definition) is 2. The molecule has 32 valence electrons. The van der Waals surface area contributed by atoms with Crippen LogP contribution in [0.25, 0.3) is 0 Å². The smallest absolute Gasteiger partial charge is 0.264 e. The molecule has 0 heterocycles. The van der Waals surface area contributed by atoms with Crippen molar-refractivity contribution in [2.45, 2.75) is 0 Å². The van der Waals surface area contributed by atoms with Gasteiger partial charge in [0, 0.05) is 0 Å². The van der Waals surface area contributed by atoms with Crippen LogP contribution >= 0.6 is 0 Å². The summed E-state index contributed by atoms with van der Waals surface area (Å²) in [6, 6.07) is 0. The number of rotatable bonds is 0. The molecule has 4 nitrogen and oxygen atoms in total. The fraction of sp³-hybridized carbons (Fsp3) is 0. The summed E-state index contributed by atoms with van der Waals surface area (Å²) < 4.78 is 31.6. The Labute approximate surface area is 59.6 Å². The van der Waals surface area contributed by atoms with Gasteiger partial charge in [-0.15, -0.1) is 0 Å². The minimum atomic E-state index is -4.67. The molecule has 0 aromatic heterocycles.